The molecular formula is C25H28N4O4S. The van der Waals surface area contributed by atoms with E-state index in [9.17, 15) is 13.2 Å². The number of nitrogens with zero attached hydrogens (tertiary/aromatic N) is 2. The van der Waals surface area contributed by atoms with E-state index < -0.39 is 10.0 Å². The first-order valence-corrected chi connectivity index (χ1v) is 12.6. The van der Waals surface area contributed by atoms with Crippen molar-refractivity contribution in [1.82, 2.24) is 9.71 Å². The van der Waals surface area contributed by atoms with Crippen molar-refractivity contribution in [1.29, 1.82) is 0 Å². The fourth-order valence-corrected chi connectivity index (χ4v) is 4.88. The van der Waals surface area contributed by atoms with E-state index in [2.05, 4.69) is 19.9 Å². The van der Waals surface area contributed by atoms with Gasteiger partial charge >= 0.3 is 0 Å². The molecule has 0 atom stereocenters. The normalized spacial score (nSPS) is 14.7. The second-order valence-electron chi connectivity index (χ2n) is 8.13. The summed E-state index contributed by atoms with van der Waals surface area (Å²) in [5.74, 6) is -0.258. The van der Waals surface area contributed by atoms with Gasteiger partial charge in [0.05, 0.1) is 22.9 Å². The van der Waals surface area contributed by atoms with Gasteiger partial charge in [-0.15, -0.1) is 0 Å². The molecule has 3 aromatic rings. The maximum Gasteiger partial charge on any atom is 0.255 e. The van der Waals surface area contributed by atoms with Gasteiger partial charge in [0, 0.05) is 44.2 Å². The Bertz CT molecular complexity index is 1190. The maximum absolute atomic E-state index is 12.7. The van der Waals surface area contributed by atoms with Crippen molar-refractivity contribution >= 4 is 27.3 Å². The fourth-order valence-electron chi connectivity index (χ4n) is 3.86. The Morgan fingerprint density at radius 3 is 2.38 bits per heavy atom. The molecule has 0 bridgehead atoms. The molecule has 2 heterocycles. The summed E-state index contributed by atoms with van der Waals surface area (Å²) in [5, 5.41) is 2.77. The molecule has 1 fully saturated rings. The number of carbonyl (C=O) groups is 1. The first-order chi connectivity index (χ1) is 16.4. The lowest BCUT2D eigenvalue weighted by atomic mass is 10.1. The summed E-state index contributed by atoms with van der Waals surface area (Å²) in [6.45, 7) is 1.90. The zero-order valence-electron chi connectivity index (χ0n) is 19.0. The van der Waals surface area contributed by atoms with Crippen LogP contribution in [0, 0.1) is 0 Å². The Morgan fingerprint density at radius 2 is 1.76 bits per heavy atom. The van der Waals surface area contributed by atoms with Gasteiger partial charge in [-0.1, -0.05) is 12.1 Å². The Labute approximate surface area is 200 Å². The number of pyridine rings is 1. The monoisotopic (exact) mass is 480 g/mol. The number of piperidine rings is 1. The number of anilines is 2. The third-order valence-electron chi connectivity index (χ3n) is 5.89. The highest BCUT2D eigenvalue weighted by Gasteiger charge is 2.20. The summed E-state index contributed by atoms with van der Waals surface area (Å²) in [5.41, 5.74) is 2.84. The molecule has 9 heteroatoms. The average molecular weight is 481 g/mol. The first-order valence-electron chi connectivity index (χ1n) is 11.1. The molecule has 0 unspecified atom stereocenters. The summed E-state index contributed by atoms with van der Waals surface area (Å²) >= 11 is 0. The van der Waals surface area contributed by atoms with Crippen molar-refractivity contribution in [3.8, 4) is 0 Å². The first kappa shape index (κ1) is 23.9. The summed E-state index contributed by atoms with van der Waals surface area (Å²) in [4.78, 5) is 18.8. The van der Waals surface area contributed by atoms with Crippen LogP contribution in [0.1, 0.15) is 28.8 Å². The predicted molar refractivity (Wildman–Crippen MR) is 131 cm³/mol. The Morgan fingerprint density at radius 1 is 1.06 bits per heavy atom. The smallest absolute Gasteiger partial charge is 0.255 e. The van der Waals surface area contributed by atoms with Crippen LogP contribution in [-0.4, -0.2) is 45.6 Å². The topological polar surface area (TPSA) is 101 Å². The molecule has 8 nitrogen and oxygen atoms in total. The number of hydrogen-bond donors (Lipinski definition) is 2. The number of amides is 1. The van der Waals surface area contributed by atoms with Crippen LogP contribution in [0.3, 0.4) is 0 Å². The molecule has 2 N–H and O–H groups in total. The van der Waals surface area contributed by atoms with Gasteiger partial charge in [0.15, 0.2) is 0 Å². The molecule has 1 aliphatic rings. The summed E-state index contributed by atoms with van der Waals surface area (Å²) in [7, 11) is -1.92. The molecule has 0 saturated carbocycles. The van der Waals surface area contributed by atoms with Crippen LogP contribution in [0.2, 0.25) is 0 Å². The van der Waals surface area contributed by atoms with Gasteiger partial charge < -0.3 is 15.0 Å². The van der Waals surface area contributed by atoms with Crippen LogP contribution < -0.4 is 14.9 Å². The fraction of sp³-hybridized carbons (Fsp3) is 0.280. The minimum absolute atomic E-state index is 0.124. The van der Waals surface area contributed by atoms with Crippen LogP contribution in [0.25, 0.3) is 0 Å². The van der Waals surface area contributed by atoms with E-state index in [1.807, 2.05) is 12.1 Å². The van der Waals surface area contributed by atoms with Gasteiger partial charge in [-0.3, -0.25) is 9.78 Å². The highest BCUT2D eigenvalue weighted by molar-refractivity contribution is 7.89. The molecule has 1 aromatic heterocycles. The predicted octanol–water partition coefficient (Wildman–Crippen LogP) is 3.43. The van der Waals surface area contributed by atoms with Crippen LogP contribution in [0.5, 0.6) is 0 Å². The van der Waals surface area contributed by atoms with Gasteiger partial charge in [-0.05, 0) is 66.9 Å². The van der Waals surface area contributed by atoms with E-state index in [0.29, 0.717) is 17.4 Å². The number of ether oxygens (including phenoxy) is 1. The quantitative estimate of drug-likeness (QED) is 0.512. The number of hydrogen-bond acceptors (Lipinski definition) is 6. The van der Waals surface area contributed by atoms with Crippen molar-refractivity contribution in [2.45, 2.75) is 30.4 Å². The molecule has 2 aromatic carbocycles. The number of carbonyl (C=O) groups excluding carboxylic acids is 1. The molecule has 34 heavy (non-hydrogen) atoms. The van der Waals surface area contributed by atoms with E-state index in [1.165, 1.54) is 0 Å². The van der Waals surface area contributed by atoms with Gasteiger partial charge in [-0.25, -0.2) is 13.1 Å². The van der Waals surface area contributed by atoms with E-state index in [1.54, 1.807) is 68.0 Å². The third-order valence-corrected chi connectivity index (χ3v) is 7.31. The second-order valence-corrected chi connectivity index (χ2v) is 9.90. The molecular weight excluding hydrogens is 452 g/mol. The Balaban J connectivity index is 1.32. The maximum atomic E-state index is 12.7. The van der Waals surface area contributed by atoms with Gasteiger partial charge in [0.1, 0.15) is 0 Å². The number of aromatic nitrogens is 1. The molecule has 0 aliphatic carbocycles. The number of methoxy groups -OCH3 is 1. The molecule has 1 saturated heterocycles. The summed E-state index contributed by atoms with van der Waals surface area (Å²) < 4.78 is 33.5. The number of sulfonamides is 1. The highest BCUT2D eigenvalue weighted by atomic mass is 32.2. The van der Waals surface area contributed by atoms with Crippen molar-refractivity contribution in [2.24, 2.45) is 0 Å². The van der Waals surface area contributed by atoms with Crippen molar-refractivity contribution in [3.63, 3.8) is 0 Å². The number of benzene rings is 2. The van der Waals surface area contributed by atoms with Gasteiger partial charge in [0.2, 0.25) is 10.0 Å². The molecule has 0 spiro atoms. The minimum atomic E-state index is -3.66. The molecule has 1 amide bonds. The lowest BCUT2D eigenvalue weighted by molar-refractivity contribution is 0.0819. The van der Waals surface area contributed by atoms with Crippen molar-refractivity contribution in [2.75, 3.05) is 30.4 Å². The molecule has 4 rings (SSSR count). The van der Waals surface area contributed by atoms with E-state index in [-0.39, 0.29) is 17.3 Å². The standard InChI is InChI=1S/C25H28N4O4S/c1-33-23-12-15-29(16-13-23)22-8-10-24(11-9-22)34(31,32)27-17-19-4-6-20(7-5-19)25(30)28-21-3-2-14-26-18-21/h2-11,14,18,23,27H,12-13,15-17H2,1H3,(H,28,30). The second kappa shape index (κ2) is 10.8. The van der Waals surface area contributed by atoms with Crippen LogP contribution >= 0.6 is 0 Å². The minimum Gasteiger partial charge on any atom is -0.381 e. The number of rotatable bonds is 8. The average Bonchev–Trinajstić information content (AvgIpc) is 2.88. The third kappa shape index (κ3) is 5.99. The van der Waals surface area contributed by atoms with Crippen LogP contribution in [0.15, 0.2) is 78.0 Å². The zero-order valence-corrected chi connectivity index (χ0v) is 19.8. The largest absolute Gasteiger partial charge is 0.381 e. The Hall–Kier alpha value is -3.27. The lowest BCUT2D eigenvalue weighted by Crippen LogP contribution is -2.36. The number of nitrogens with one attached hydrogen (secondary N) is 2. The van der Waals surface area contributed by atoms with Crippen LogP contribution in [0.4, 0.5) is 11.4 Å². The summed E-state index contributed by atoms with van der Waals surface area (Å²) in [6.07, 6.45) is 5.41. The molecule has 1 aliphatic heterocycles. The van der Waals surface area contributed by atoms with Crippen LogP contribution in [-0.2, 0) is 21.3 Å². The SMILES string of the molecule is COC1CCN(c2ccc(S(=O)(=O)NCc3ccc(C(=O)Nc4cccnc4)cc3)cc2)CC1. The van der Waals surface area contributed by atoms with E-state index in [0.717, 1.165) is 37.2 Å². The van der Waals surface area contributed by atoms with E-state index in [4.69, 9.17) is 4.74 Å². The van der Waals surface area contributed by atoms with Gasteiger partial charge in [0.25, 0.3) is 5.91 Å². The van der Waals surface area contributed by atoms with Crippen molar-refractivity contribution < 1.29 is 17.9 Å². The summed E-state index contributed by atoms with van der Waals surface area (Å²) in [6, 6.07) is 17.2. The van der Waals surface area contributed by atoms with E-state index >= 15 is 0 Å². The molecule has 0 radical (unpaired) electrons. The molecule has 178 valence electrons. The highest BCUT2D eigenvalue weighted by Crippen LogP contribution is 2.23. The lowest BCUT2D eigenvalue weighted by Gasteiger charge is -2.33. The Kier molecular flexibility index (Phi) is 7.56. The van der Waals surface area contributed by atoms with Crippen molar-refractivity contribution in [3.05, 3.63) is 84.2 Å². The zero-order chi connectivity index (χ0) is 24.0. The van der Waals surface area contributed by atoms with Gasteiger partial charge in [-0.2, -0.15) is 0 Å².